The molecule has 70 valence electrons. The van der Waals surface area contributed by atoms with E-state index in [0.717, 1.165) is 12.1 Å². The minimum absolute atomic E-state index is 0.712. The molecule has 0 radical (unpaired) electrons. The van der Waals surface area contributed by atoms with Crippen molar-refractivity contribution in [1.82, 2.24) is 4.90 Å². The summed E-state index contributed by atoms with van der Waals surface area (Å²) in [6.07, 6.45) is 2.11. The fourth-order valence-electron chi connectivity index (χ4n) is 1.16. The highest BCUT2D eigenvalue weighted by molar-refractivity contribution is 5.16. The highest BCUT2D eigenvalue weighted by Crippen LogP contribution is 2.06. The average Bonchev–Trinajstić information content (AvgIpc) is 1.84. The summed E-state index contributed by atoms with van der Waals surface area (Å²) in [7, 11) is 2.12. The second kappa shape index (κ2) is 5.02. The van der Waals surface area contributed by atoms with Crippen molar-refractivity contribution in [1.29, 1.82) is 0 Å². The van der Waals surface area contributed by atoms with Crippen molar-refractivity contribution in [2.75, 3.05) is 13.6 Å². The van der Waals surface area contributed by atoms with E-state index in [1.165, 1.54) is 5.70 Å². The summed E-state index contributed by atoms with van der Waals surface area (Å²) >= 11 is 0. The molecule has 0 spiro atoms. The molecule has 0 fully saturated rings. The lowest BCUT2D eigenvalue weighted by molar-refractivity contribution is 0.362. The lowest BCUT2D eigenvalue weighted by Crippen LogP contribution is -2.21. The van der Waals surface area contributed by atoms with Crippen LogP contribution in [0.2, 0.25) is 0 Å². The first-order valence-electron chi connectivity index (χ1n) is 4.48. The topological polar surface area (TPSA) is 3.24 Å². The minimum Gasteiger partial charge on any atom is -0.378 e. The molecule has 0 aromatic carbocycles. The standard InChI is InChI=1S/C11H21N/c1-9(2)7-11(5)12(6)8-10(3)4/h7,10H,1,8H2,2-6H3/b11-7-. The Kier molecular flexibility index (Phi) is 4.72. The van der Waals surface area contributed by atoms with Crippen LogP contribution in [-0.4, -0.2) is 18.5 Å². The van der Waals surface area contributed by atoms with E-state index in [1.54, 1.807) is 0 Å². The molecule has 1 nitrogen and oxygen atoms in total. The lowest BCUT2D eigenvalue weighted by Gasteiger charge is -2.22. The van der Waals surface area contributed by atoms with Crippen molar-refractivity contribution in [2.45, 2.75) is 27.7 Å². The average molecular weight is 167 g/mol. The molecule has 0 aliphatic heterocycles. The van der Waals surface area contributed by atoms with Crippen LogP contribution in [0.1, 0.15) is 27.7 Å². The molecule has 0 aromatic heterocycles. The first kappa shape index (κ1) is 11.3. The summed E-state index contributed by atoms with van der Waals surface area (Å²) in [6, 6.07) is 0. The van der Waals surface area contributed by atoms with Gasteiger partial charge in [0.2, 0.25) is 0 Å². The number of hydrogen-bond acceptors (Lipinski definition) is 1. The van der Waals surface area contributed by atoms with Crippen molar-refractivity contribution in [3.8, 4) is 0 Å². The Morgan fingerprint density at radius 1 is 1.42 bits per heavy atom. The molecule has 0 aromatic rings. The van der Waals surface area contributed by atoms with E-state index in [-0.39, 0.29) is 0 Å². The van der Waals surface area contributed by atoms with Crippen LogP contribution in [-0.2, 0) is 0 Å². The van der Waals surface area contributed by atoms with Crippen LogP contribution in [0.15, 0.2) is 23.9 Å². The number of nitrogens with zero attached hydrogens (tertiary/aromatic N) is 1. The molecule has 12 heavy (non-hydrogen) atoms. The zero-order valence-electron chi connectivity index (χ0n) is 9.02. The van der Waals surface area contributed by atoms with Gasteiger partial charge in [0.1, 0.15) is 0 Å². The van der Waals surface area contributed by atoms with Gasteiger partial charge in [-0.25, -0.2) is 0 Å². The van der Waals surface area contributed by atoms with Crippen molar-refractivity contribution in [3.05, 3.63) is 23.9 Å². The van der Waals surface area contributed by atoms with Crippen LogP contribution < -0.4 is 0 Å². The van der Waals surface area contributed by atoms with E-state index in [1.807, 2.05) is 6.92 Å². The molecule has 0 bridgehead atoms. The Hall–Kier alpha value is -0.720. The van der Waals surface area contributed by atoms with Gasteiger partial charge in [0.15, 0.2) is 0 Å². The zero-order chi connectivity index (χ0) is 9.72. The first-order chi connectivity index (χ1) is 5.43. The Labute approximate surface area is 76.8 Å². The highest BCUT2D eigenvalue weighted by atomic mass is 15.1. The zero-order valence-corrected chi connectivity index (χ0v) is 9.02. The van der Waals surface area contributed by atoms with E-state index < -0.39 is 0 Å². The Morgan fingerprint density at radius 3 is 2.25 bits per heavy atom. The molecular formula is C11H21N. The van der Waals surface area contributed by atoms with Gasteiger partial charge >= 0.3 is 0 Å². The molecule has 0 unspecified atom stereocenters. The van der Waals surface area contributed by atoms with Gasteiger partial charge < -0.3 is 4.90 Å². The molecule has 0 saturated heterocycles. The number of hydrogen-bond donors (Lipinski definition) is 0. The summed E-state index contributed by atoms with van der Waals surface area (Å²) < 4.78 is 0. The largest absolute Gasteiger partial charge is 0.378 e. The second-order valence-electron chi connectivity index (χ2n) is 3.91. The van der Waals surface area contributed by atoms with E-state index >= 15 is 0 Å². The molecule has 0 amide bonds. The molecular weight excluding hydrogens is 146 g/mol. The fourth-order valence-corrected chi connectivity index (χ4v) is 1.16. The Morgan fingerprint density at radius 2 is 1.92 bits per heavy atom. The molecule has 0 rings (SSSR count). The summed E-state index contributed by atoms with van der Waals surface area (Å²) in [5, 5.41) is 0. The lowest BCUT2D eigenvalue weighted by atomic mass is 10.2. The summed E-state index contributed by atoms with van der Waals surface area (Å²) in [5.41, 5.74) is 2.40. The van der Waals surface area contributed by atoms with Crippen LogP contribution >= 0.6 is 0 Å². The molecule has 0 aliphatic rings. The maximum Gasteiger partial charge on any atom is 0.0194 e. The normalized spacial score (nSPS) is 12.0. The SMILES string of the molecule is C=C(C)/C=C(/C)N(C)CC(C)C. The van der Waals surface area contributed by atoms with Gasteiger partial charge in [-0.1, -0.05) is 26.0 Å². The van der Waals surface area contributed by atoms with Gasteiger partial charge in [0.25, 0.3) is 0 Å². The Bertz CT molecular complexity index is 177. The number of rotatable bonds is 4. The Balaban J connectivity index is 4.09. The first-order valence-corrected chi connectivity index (χ1v) is 4.48. The van der Waals surface area contributed by atoms with Gasteiger partial charge in [0, 0.05) is 19.3 Å². The molecule has 0 atom stereocenters. The third kappa shape index (κ3) is 5.00. The van der Waals surface area contributed by atoms with Crippen molar-refractivity contribution >= 4 is 0 Å². The van der Waals surface area contributed by atoms with Crippen molar-refractivity contribution in [3.63, 3.8) is 0 Å². The second-order valence-corrected chi connectivity index (χ2v) is 3.91. The van der Waals surface area contributed by atoms with Crippen LogP contribution in [0.3, 0.4) is 0 Å². The third-order valence-corrected chi connectivity index (χ3v) is 1.70. The van der Waals surface area contributed by atoms with E-state index in [2.05, 4.69) is 45.4 Å². The van der Waals surface area contributed by atoms with Crippen LogP contribution in [0, 0.1) is 5.92 Å². The third-order valence-electron chi connectivity index (χ3n) is 1.70. The van der Waals surface area contributed by atoms with Crippen molar-refractivity contribution in [2.24, 2.45) is 5.92 Å². The summed E-state index contributed by atoms with van der Waals surface area (Å²) in [6.45, 7) is 13.6. The van der Waals surface area contributed by atoms with Gasteiger partial charge in [-0.2, -0.15) is 0 Å². The van der Waals surface area contributed by atoms with Crippen molar-refractivity contribution < 1.29 is 0 Å². The maximum absolute atomic E-state index is 3.85. The predicted octanol–water partition coefficient (Wildman–Crippen LogP) is 3.05. The number of allylic oxidation sites excluding steroid dienone is 3. The monoisotopic (exact) mass is 167 g/mol. The van der Waals surface area contributed by atoms with Gasteiger partial charge in [-0.15, -0.1) is 0 Å². The quantitative estimate of drug-likeness (QED) is 0.582. The van der Waals surface area contributed by atoms with Crippen LogP contribution in [0.5, 0.6) is 0 Å². The van der Waals surface area contributed by atoms with E-state index in [0.29, 0.717) is 5.92 Å². The van der Waals surface area contributed by atoms with Crippen LogP contribution in [0.4, 0.5) is 0 Å². The minimum atomic E-state index is 0.712. The molecule has 0 N–H and O–H groups in total. The van der Waals surface area contributed by atoms with E-state index in [4.69, 9.17) is 0 Å². The highest BCUT2D eigenvalue weighted by Gasteiger charge is 2.00. The van der Waals surface area contributed by atoms with Crippen LogP contribution in [0.25, 0.3) is 0 Å². The van der Waals surface area contributed by atoms with Gasteiger partial charge in [-0.3, -0.25) is 0 Å². The van der Waals surface area contributed by atoms with E-state index in [9.17, 15) is 0 Å². The maximum atomic E-state index is 3.85. The van der Waals surface area contributed by atoms with Gasteiger partial charge in [-0.05, 0) is 25.8 Å². The molecule has 0 aliphatic carbocycles. The molecule has 0 heterocycles. The fraction of sp³-hybridized carbons (Fsp3) is 0.636. The molecule has 1 heteroatoms. The van der Waals surface area contributed by atoms with Gasteiger partial charge in [0.05, 0.1) is 0 Å². The summed E-state index contributed by atoms with van der Waals surface area (Å²) in [4.78, 5) is 2.26. The smallest absolute Gasteiger partial charge is 0.0194 e. The predicted molar refractivity (Wildman–Crippen MR) is 56.0 cm³/mol. The summed E-state index contributed by atoms with van der Waals surface area (Å²) in [5.74, 6) is 0.712. The molecule has 0 saturated carbocycles.